The van der Waals surface area contributed by atoms with Crippen LogP contribution in [0.1, 0.15) is 39.6 Å². The number of aliphatic hydroxyl groups is 1. The zero-order chi connectivity index (χ0) is 18.0. The molecule has 1 saturated heterocycles. The van der Waals surface area contributed by atoms with E-state index in [-0.39, 0.29) is 11.9 Å². The quantitative estimate of drug-likeness (QED) is 0.870. The zero-order valence-electron chi connectivity index (χ0n) is 14.8. The van der Waals surface area contributed by atoms with Crippen LogP contribution in [-0.2, 0) is 6.54 Å². The number of carbonyl (C=O) groups excluding carboxylic acids is 1. The first-order valence-corrected chi connectivity index (χ1v) is 8.50. The fourth-order valence-electron chi connectivity index (χ4n) is 3.17. The lowest BCUT2D eigenvalue weighted by atomic mass is 10.0. The van der Waals surface area contributed by atoms with Crippen LogP contribution in [0.5, 0.6) is 0 Å². The topological polar surface area (TPSA) is 91.5 Å². The Morgan fingerprint density at radius 1 is 1.40 bits per heavy atom. The van der Waals surface area contributed by atoms with E-state index in [0.717, 1.165) is 29.3 Å². The van der Waals surface area contributed by atoms with Crippen LogP contribution in [0.2, 0.25) is 0 Å². The molecular formula is C18H24N4O3. The maximum Gasteiger partial charge on any atom is 0.270 e. The Labute approximate surface area is 147 Å². The summed E-state index contributed by atoms with van der Waals surface area (Å²) in [6.45, 7) is 7.64. The number of amides is 1. The summed E-state index contributed by atoms with van der Waals surface area (Å²) in [4.78, 5) is 18.7. The average molecular weight is 344 g/mol. The summed E-state index contributed by atoms with van der Waals surface area (Å²) in [6, 6.07) is 5.07. The Morgan fingerprint density at radius 2 is 2.20 bits per heavy atom. The number of likely N-dealkylation sites (tertiary alicyclic amines) is 1. The molecular weight excluding hydrogens is 320 g/mol. The Hall–Kier alpha value is -2.25. The number of carbonyl (C=O) groups is 1. The largest absolute Gasteiger partial charge is 0.390 e. The molecule has 0 bridgehead atoms. The molecule has 1 amide bonds. The van der Waals surface area contributed by atoms with E-state index in [0.29, 0.717) is 25.2 Å². The monoisotopic (exact) mass is 344 g/mol. The predicted octanol–water partition coefficient (Wildman–Crippen LogP) is 1.36. The van der Waals surface area contributed by atoms with Crippen LogP contribution < -0.4 is 5.32 Å². The van der Waals surface area contributed by atoms with Gasteiger partial charge in [-0.2, -0.15) is 0 Å². The summed E-state index contributed by atoms with van der Waals surface area (Å²) in [5.74, 6) is 0.569. The molecule has 25 heavy (non-hydrogen) atoms. The minimum Gasteiger partial charge on any atom is -0.390 e. The SMILES string of the molecule is Cc1cccc(C(=O)N[C@@H]2CCN(Cc3c(C)noc3C)C[C@H]2O)n1. The molecule has 2 aromatic rings. The van der Waals surface area contributed by atoms with Gasteiger partial charge < -0.3 is 14.9 Å². The van der Waals surface area contributed by atoms with Gasteiger partial charge in [0, 0.05) is 30.9 Å². The van der Waals surface area contributed by atoms with Crippen LogP contribution in [0.15, 0.2) is 22.7 Å². The van der Waals surface area contributed by atoms with E-state index in [1.165, 1.54) is 0 Å². The second kappa shape index (κ2) is 7.33. The van der Waals surface area contributed by atoms with Crippen molar-refractivity contribution in [3.8, 4) is 0 Å². The molecule has 0 aliphatic carbocycles. The molecule has 3 heterocycles. The number of aryl methyl sites for hydroxylation is 3. The van der Waals surface area contributed by atoms with Crippen molar-refractivity contribution in [1.29, 1.82) is 0 Å². The fraction of sp³-hybridized carbons (Fsp3) is 0.500. The van der Waals surface area contributed by atoms with E-state index in [1.54, 1.807) is 12.1 Å². The molecule has 134 valence electrons. The van der Waals surface area contributed by atoms with E-state index in [4.69, 9.17) is 4.52 Å². The van der Waals surface area contributed by atoms with Crippen LogP contribution in [0, 0.1) is 20.8 Å². The van der Waals surface area contributed by atoms with Crippen molar-refractivity contribution in [1.82, 2.24) is 20.4 Å². The lowest BCUT2D eigenvalue weighted by Crippen LogP contribution is -2.53. The molecule has 1 fully saturated rings. The molecule has 3 rings (SSSR count). The van der Waals surface area contributed by atoms with E-state index >= 15 is 0 Å². The van der Waals surface area contributed by atoms with Gasteiger partial charge in [0.2, 0.25) is 0 Å². The molecule has 0 radical (unpaired) electrons. The predicted molar refractivity (Wildman–Crippen MR) is 92.1 cm³/mol. The van der Waals surface area contributed by atoms with Gasteiger partial charge in [0.25, 0.3) is 5.91 Å². The van der Waals surface area contributed by atoms with Gasteiger partial charge >= 0.3 is 0 Å². The number of rotatable bonds is 4. The first-order valence-electron chi connectivity index (χ1n) is 8.50. The molecule has 0 saturated carbocycles. The van der Waals surface area contributed by atoms with Crippen LogP contribution in [0.4, 0.5) is 0 Å². The fourth-order valence-corrected chi connectivity index (χ4v) is 3.17. The maximum absolute atomic E-state index is 12.3. The minimum absolute atomic E-state index is 0.244. The van der Waals surface area contributed by atoms with Crippen LogP contribution in [-0.4, -0.2) is 51.3 Å². The van der Waals surface area contributed by atoms with Crippen LogP contribution >= 0.6 is 0 Å². The van der Waals surface area contributed by atoms with Gasteiger partial charge in [0.15, 0.2) is 0 Å². The number of nitrogens with zero attached hydrogens (tertiary/aromatic N) is 3. The number of β-amino-alcohol motifs (C(OH)–C–C–N with tert-alkyl or cyclic N) is 1. The Balaban J connectivity index is 1.57. The van der Waals surface area contributed by atoms with Gasteiger partial charge in [-0.1, -0.05) is 11.2 Å². The van der Waals surface area contributed by atoms with Crippen molar-refractivity contribution in [2.24, 2.45) is 0 Å². The minimum atomic E-state index is -0.622. The lowest BCUT2D eigenvalue weighted by molar-refractivity contribution is 0.0346. The molecule has 2 N–H and O–H groups in total. The third kappa shape index (κ3) is 4.05. The molecule has 1 aliphatic rings. The Kier molecular flexibility index (Phi) is 5.15. The van der Waals surface area contributed by atoms with Gasteiger partial charge in [-0.05, 0) is 39.3 Å². The zero-order valence-corrected chi connectivity index (χ0v) is 14.8. The summed E-state index contributed by atoms with van der Waals surface area (Å²) in [7, 11) is 0. The Bertz CT molecular complexity index is 739. The number of aromatic nitrogens is 2. The standard InChI is InChI=1S/C18H24N4O3/c1-11-5-4-6-16(19-11)18(24)20-15-7-8-22(10-17(15)23)9-14-12(2)21-25-13(14)3/h4-6,15,17,23H,7-10H2,1-3H3,(H,20,24)/t15-,17-/m1/s1. The van der Waals surface area contributed by atoms with Crippen molar-refractivity contribution < 1.29 is 14.4 Å². The highest BCUT2D eigenvalue weighted by Crippen LogP contribution is 2.19. The van der Waals surface area contributed by atoms with E-state index in [1.807, 2.05) is 26.8 Å². The normalized spacial score (nSPS) is 21.3. The van der Waals surface area contributed by atoms with Gasteiger partial charge in [-0.15, -0.1) is 0 Å². The van der Waals surface area contributed by atoms with Crippen LogP contribution in [0.25, 0.3) is 0 Å². The number of piperidine rings is 1. The summed E-state index contributed by atoms with van der Waals surface area (Å²) in [5.41, 5.74) is 3.12. The van der Waals surface area contributed by atoms with Crippen molar-refractivity contribution in [2.75, 3.05) is 13.1 Å². The summed E-state index contributed by atoms with van der Waals surface area (Å²) >= 11 is 0. The second-order valence-electron chi connectivity index (χ2n) is 6.64. The summed E-state index contributed by atoms with van der Waals surface area (Å²) in [6.07, 6.45) is 0.0604. The molecule has 7 heteroatoms. The molecule has 0 aromatic carbocycles. The average Bonchev–Trinajstić information content (AvgIpc) is 2.89. The highest BCUT2D eigenvalue weighted by atomic mass is 16.5. The van der Waals surface area contributed by atoms with Gasteiger partial charge in [-0.25, -0.2) is 4.98 Å². The molecule has 7 nitrogen and oxygen atoms in total. The van der Waals surface area contributed by atoms with E-state index in [2.05, 4.69) is 20.4 Å². The first kappa shape index (κ1) is 17.6. The molecule has 2 aromatic heterocycles. The summed E-state index contributed by atoms with van der Waals surface area (Å²) < 4.78 is 5.19. The highest BCUT2D eigenvalue weighted by Gasteiger charge is 2.30. The number of hydrogen-bond acceptors (Lipinski definition) is 6. The van der Waals surface area contributed by atoms with Crippen molar-refractivity contribution in [3.63, 3.8) is 0 Å². The second-order valence-corrected chi connectivity index (χ2v) is 6.64. The van der Waals surface area contributed by atoms with Crippen molar-refractivity contribution in [2.45, 2.75) is 45.9 Å². The van der Waals surface area contributed by atoms with E-state index < -0.39 is 6.10 Å². The number of pyridine rings is 1. The third-order valence-corrected chi connectivity index (χ3v) is 4.67. The third-order valence-electron chi connectivity index (χ3n) is 4.67. The smallest absolute Gasteiger partial charge is 0.270 e. The van der Waals surface area contributed by atoms with Gasteiger partial charge in [0.05, 0.1) is 17.8 Å². The van der Waals surface area contributed by atoms with Gasteiger partial charge in [-0.3, -0.25) is 9.69 Å². The molecule has 2 atom stereocenters. The maximum atomic E-state index is 12.3. The number of aliphatic hydroxyl groups excluding tert-OH is 1. The molecule has 1 aliphatic heterocycles. The van der Waals surface area contributed by atoms with Gasteiger partial charge in [0.1, 0.15) is 11.5 Å². The highest BCUT2D eigenvalue weighted by molar-refractivity contribution is 5.92. The number of nitrogens with one attached hydrogen (secondary N) is 1. The van der Waals surface area contributed by atoms with Crippen molar-refractivity contribution >= 4 is 5.91 Å². The number of hydrogen-bond donors (Lipinski definition) is 2. The van der Waals surface area contributed by atoms with E-state index in [9.17, 15) is 9.90 Å². The molecule has 0 unspecified atom stereocenters. The molecule has 0 spiro atoms. The van der Waals surface area contributed by atoms with Crippen molar-refractivity contribution in [3.05, 3.63) is 46.6 Å². The Morgan fingerprint density at radius 3 is 2.84 bits per heavy atom. The first-order chi connectivity index (χ1) is 11.9. The lowest BCUT2D eigenvalue weighted by Gasteiger charge is -2.36. The van der Waals surface area contributed by atoms with Crippen LogP contribution in [0.3, 0.4) is 0 Å². The summed E-state index contributed by atoms with van der Waals surface area (Å²) in [5, 5.41) is 17.3.